The molecule has 0 radical (unpaired) electrons. The summed E-state index contributed by atoms with van der Waals surface area (Å²) in [4.78, 5) is 8.68. The summed E-state index contributed by atoms with van der Waals surface area (Å²) in [5.41, 5.74) is 4.23. The second kappa shape index (κ2) is 19.1. The van der Waals surface area contributed by atoms with Crippen LogP contribution in [0.3, 0.4) is 0 Å². The molecule has 12 heteroatoms. The number of hydrogen-bond donors (Lipinski definition) is 1. The lowest BCUT2D eigenvalue weighted by Gasteiger charge is -2.15. The van der Waals surface area contributed by atoms with E-state index in [9.17, 15) is 0 Å². The molecule has 0 amide bonds. The van der Waals surface area contributed by atoms with Gasteiger partial charge in [-0.3, -0.25) is 0 Å². The molecule has 262 valence electrons. The van der Waals surface area contributed by atoms with Crippen molar-refractivity contribution in [3.63, 3.8) is 0 Å². The fourth-order valence-corrected chi connectivity index (χ4v) is 5.23. The lowest BCUT2D eigenvalue weighted by molar-refractivity contribution is 0.00708. The minimum Gasteiger partial charge on any atom is -0.487 e. The Balaban J connectivity index is 1.32. The van der Waals surface area contributed by atoms with Gasteiger partial charge in [-0.25, -0.2) is 4.98 Å². The van der Waals surface area contributed by atoms with Gasteiger partial charge in [-0.1, -0.05) is 30.3 Å². The molecule has 0 saturated carbocycles. The molecule has 0 atom stereocenters. The van der Waals surface area contributed by atoms with Crippen LogP contribution in [0.15, 0.2) is 66.7 Å². The minimum atomic E-state index is 0.350. The third-order valence-electron chi connectivity index (χ3n) is 7.63. The highest BCUT2D eigenvalue weighted by Gasteiger charge is 2.20. The normalized spacial score (nSPS) is 17.9. The highest BCUT2D eigenvalue weighted by Crippen LogP contribution is 2.40. The molecule has 0 saturated heterocycles. The van der Waals surface area contributed by atoms with E-state index >= 15 is 0 Å². The van der Waals surface area contributed by atoms with Crippen molar-refractivity contribution in [1.82, 2.24) is 9.97 Å². The van der Waals surface area contributed by atoms with Gasteiger partial charge in [0.2, 0.25) is 0 Å². The third-order valence-corrected chi connectivity index (χ3v) is 7.63. The first-order chi connectivity index (χ1) is 24.3. The molecular weight excluding hydrogens is 632 g/mol. The van der Waals surface area contributed by atoms with Crippen molar-refractivity contribution in [3.05, 3.63) is 66.7 Å². The van der Waals surface area contributed by atoms with Gasteiger partial charge < -0.3 is 52.4 Å². The Morgan fingerprint density at radius 2 is 0.796 bits per heavy atom. The molecule has 49 heavy (non-hydrogen) atoms. The largest absolute Gasteiger partial charge is 0.487 e. The Labute approximate surface area is 286 Å². The fraction of sp³-hybridized carbons (Fsp3) is 0.432. The van der Waals surface area contributed by atoms with Crippen molar-refractivity contribution < 1.29 is 47.4 Å². The SMILES string of the molecule is c1ccc(-c2nc(-c3ccc4c(c3)OCCOCCOCCOCCO4)c(-c3ccc4c(c3)OCCOCCOCCOCCO4)[nH]2)cc1. The average molecular weight is 677 g/mol. The Kier molecular flexibility index (Phi) is 13.5. The number of imidazole rings is 1. The van der Waals surface area contributed by atoms with Gasteiger partial charge in [0.25, 0.3) is 0 Å². The van der Waals surface area contributed by atoms with Crippen molar-refractivity contribution in [2.24, 2.45) is 0 Å². The van der Waals surface area contributed by atoms with Crippen molar-refractivity contribution in [2.45, 2.75) is 0 Å². The zero-order valence-corrected chi connectivity index (χ0v) is 27.7. The van der Waals surface area contributed by atoms with Crippen LogP contribution < -0.4 is 18.9 Å². The van der Waals surface area contributed by atoms with Crippen LogP contribution in [0.2, 0.25) is 0 Å². The van der Waals surface area contributed by atoms with Crippen molar-refractivity contribution >= 4 is 0 Å². The van der Waals surface area contributed by atoms with Crippen LogP contribution in [0.4, 0.5) is 0 Å². The Bertz CT molecular complexity index is 1470. The fourth-order valence-electron chi connectivity index (χ4n) is 5.23. The number of nitrogens with one attached hydrogen (secondary N) is 1. The number of nitrogens with zero attached hydrogens (tertiary/aromatic N) is 1. The van der Waals surface area contributed by atoms with E-state index in [1.54, 1.807) is 0 Å². The summed E-state index contributed by atoms with van der Waals surface area (Å²) in [6.45, 7) is 7.14. The van der Waals surface area contributed by atoms with E-state index in [2.05, 4.69) is 4.98 Å². The van der Waals surface area contributed by atoms with Crippen LogP contribution in [-0.2, 0) is 28.4 Å². The van der Waals surface area contributed by atoms with Gasteiger partial charge in [0.05, 0.1) is 90.7 Å². The standard InChI is InChI=1S/C37H44N2O10/c1-2-4-28(5-3-1)37-38-35(29-6-8-31-33(26-29)48-24-20-44-16-12-40-10-14-42-18-22-46-31)36(39-37)30-7-9-32-34(27-30)49-25-21-45-17-13-41-11-15-43-19-23-47-32/h1-9,26-27H,10-25H2,(H,38,39). The summed E-state index contributed by atoms with van der Waals surface area (Å²) in [5.74, 6) is 3.15. The lowest BCUT2D eigenvalue weighted by Crippen LogP contribution is -2.13. The maximum absolute atomic E-state index is 6.20. The molecule has 4 aromatic rings. The van der Waals surface area contributed by atoms with E-state index < -0.39 is 0 Å². The quantitative estimate of drug-likeness (QED) is 0.314. The maximum atomic E-state index is 6.20. The number of H-pyrrole nitrogens is 1. The van der Waals surface area contributed by atoms with E-state index in [4.69, 9.17) is 52.4 Å². The number of fused-ring (bicyclic) bond motifs is 2. The second-order valence-electron chi connectivity index (χ2n) is 11.1. The molecule has 3 aromatic carbocycles. The molecule has 12 nitrogen and oxygen atoms in total. The molecule has 0 bridgehead atoms. The van der Waals surface area contributed by atoms with Crippen molar-refractivity contribution in [2.75, 3.05) is 106 Å². The zero-order chi connectivity index (χ0) is 33.4. The first kappa shape index (κ1) is 34.7. The van der Waals surface area contributed by atoms with Gasteiger partial charge in [-0.15, -0.1) is 0 Å². The number of aromatic amines is 1. The molecule has 6 rings (SSSR count). The van der Waals surface area contributed by atoms with Gasteiger partial charge in [0.1, 0.15) is 32.3 Å². The summed E-state index contributed by atoms with van der Waals surface area (Å²) >= 11 is 0. The highest BCUT2D eigenvalue weighted by molar-refractivity contribution is 5.83. The number of ether oxygens (including phenoxy) is 10. The van der Waals surface area contributed by atoms with Crippen molar-refractivity contribution in [3.8, 4) is 56.9 Å². The summed E-state index contributed by atoms with van der Waals surface area (Å²) in [6.07, 6.45) is 0. The topological polar surface area (TPSA) is 121 Å². The minimum absolute atomic E-state index is 0.350. The highest BCUT2D eigenvalue weighted by atomic mass is 16.6. The molecular formula is C37H44N2O10. The average Bonchev–Trinajstić information content (AvgIpc) is 3.58. The summed E-state index contributed by atoms with van der Waals surface area (Å²) in [5, 5.41) is 0. The number of benzene rings is 3. The Hall–Kier alpha value is -4.17. The summed E-state index contributed by atoms with van der Waals surface area (Å²) in [7, 11) is 0. The molecule has 0 unspecified atom stereocenters. The molecule has 1 aromatic heterocycles. The Morgan fingerprint density at radius 3 is 1.29 bits per heavy atom. The maximum Gasteiger partial charge on any atom is 0.161 e. The summed E-state index contributed by atoms with van der Waals surface area (Å²) < 4.78 is 58.2. The van der Waals surface area contributed by atoms with E-state index in [1.165, 1.54) is 0 Å². The molecule has 0 spiro atoms. The monoisotopic (exact) mass is 676 g/mol. The van der Waals surface area contributed by atoms with Gasteiger partial charge in [0, 0.05) is 16.7 Å². The van der Waals surface area contributed by atoms with E-state index in [-0.39, 0.29) is 0 Å². The van der Waals surface area contributed by atoms with Crippen LogP contribution in [0.5, 0.6) is 23.0 Å². The van der Waals surface area contributed by atoms with Gasteiger partial charge in [-0.2, -0.15) is 0 Å². The van der Waals surface area contributed by atoms with Gasteiger partial charge in [0.15, 0.2) is 23.0 Å². The van der Waals surface area contributed by atoms with Crippen molar-refractivity contribution in [1.29, 1.82) is 0 Å². The number of hydrogen-bond acceptors (Lipinski definition) is 11. The first-order valence-corrected chi connectivity index (χ1v) is 16.8. The molecule has 2 aliphatic heterocycles. The molecule has 0 aliphatic carbocycles. The van der Waals surface area contributed by atoms with Crippen LogP contribution in [0, 0.1) is 0 Å². The third kappa shape index (κ3) is 10.4. The van der Waals surface area contributed by atoms with E-state index in [0.717, 1.165) is 33.9 Å². The predicted octanol–water partition coefficient (Wildman–Crippen LogP) is 5.05. The molecule has 1 N–H and O–H groups in total. The Morgan fingerprint density at radius 1 is 0.388 bits per heavy atom. The molecule has 3 heterocycles. The number of aromatic nitrogens is 2. The smallest absolute Gasteiger partial charge is 0.161 e. The molecule has 0 fully saturated rings. The zero-order valence-electron chi connectivity index (χ0n) is 27.7. The van der Waals surface area contributed by atoms with Crippen LogP contribution >= 0.6 is 0 Å². The van der Waals surface area contributed by atoms with Crippen LogP contribution in [-0.4, -0.2) is 116 Å². The lowest BCUT2D eigenvalue weighted by atomic mass is 10.0. The van der Waals surface area contributed by atoms with Crippen LogP contribution in [0.1, 0.15) is 0 Å². The number of rotatable bonds is 3. The molecule has 2 aliphatic rings. The van der Waals surface area contributed by atoms with Gasteiger partial charge in [-0.05, 0) is 36.4 Å². The van der Waals surface area contributed by atoms with Crippen LogP contribution in [0.25, 0.3) is 33.9 Å². The van der Waals surface area contributed by atoms with E-state index in [0.29, 0.717) is 129 Å². The first-order valence-electron chi connectivity index (χ1n) is 16.8. The van der Waals surface area contributed by atoms with Gasteiger partial charge >= 0.3 is 0 Å². The predicted molar refractivity (Wildman–Crippen MR) is 182 cm³/mol. The summed E-state index contributed by atoms with van der Waals surface area (Å²) in [6, 6.07) is 21.7. The second-order valence-corrected chi connectivity index (χ2v) is 11.1. The van der Waals surface area contributed by atoms with E-state index in [1.807, 2.05) is 66.7 Å².